The molecular formula is C21H28FN3O3S. The lowest BCUT2D eigenvalue weighted by Gasteiger charge is -2.38. The van der Waals surface area contributed by atoms with E-state index in [9.17, 15) is 12.8 Å². The van der Waals surface area contributed by atoms with Crippen molar-refractivity contribution in [1.82, 2.24) is 14.5 Å². The summed E-state index contributed by atoms with van der Waals surface area (Å²) in [6, 6.07) is 11.1. The van der Waals surface area contributed by atoms with Gasteiger partial charge in [0.05, 0.1) is 7.11 Å². The molecule has 0 radical (unpaired) electrons. The molecule has 8 heteroatoms. The molecule has 1 aliphatic heterocycles. The molecule has 0 aliphatic carbocycles. The predicted molar refractivity (Wildman–Crippen MR) is 111 cm³/mol. The van der Waals surface area contributed by atoms with Gasteiger partial charge in [0.25, 0.3) is 0 Å². The lowest BCUT2D eigenvalue weighted by atomic mass is 10.0. The summed E-state index contributed by atoms with van der Waals surface area (Å²) in [5.74, 6) is -0.00279. The molecule has 2 aromatic rings. The largest absolute Gasteiger partial charge is 0.495 e. The van der Waals surface area contributed by atoms with E-state index in [-0.39, 0.29) is 23.3 Å². The summed E-state index contributed by atoms with van der Waals surface area (Å²) in [6.07, 6.45) is 0. The van der Waals surface area contributed by atoms with Crippen LogP contribution in [0.4, 0.5) is 4.39 Å². The summed E-state index contributed by atoms with van der Waals surface area (Å²) in [4.78, 5) is 4.60. The van der Waals surface area contributed by atoms with Crippen LogP contribution < -0.4 is 9.46 Å². The number of piperazine rings is 1. The zero-order valence-corrected chi connectivity index (χ0v) is 17.9. The number of rotatable bonds is 7. The van der Waals surface area contributed by atoms with Crippen molar-refractivity contribution in [2.45, 2.75) is 17.9 Å². The fraction of sp³-hybridized carbons (Fsp3) is 0.429. The monoisotopic (exact) mass is 421 g/mol. The Hall–Kier alpha value is -2.00. The average Bonchev–Trinajstić information content (AvgIpc) is 2.70. The van der Waals surface area contributed by atoms with Crippen LogP contribution in [0.25, 0.3) is 0 Å². The molecule has 1 fully saturated rings. The Balaban J connectivity index is 1.84. The van der Waals surface area contributed by atoms with Crippen molar-refractivity contribution in [1.29, 1.82) is 0 Å². The van der Waals surface area contributed by atoms with Crippen LogP contribution in [-0.4, -0.2) is 65.1 Å². The number of ether oxygens (including phenoxy) is 1. The summed E-state index contributed by atoms with van der Waals surface area (Å²) < 4.78 is 47.4. The summed E-state index contributed by atoms with van der Waals surface area (Å²) in [7, 11) is -0.252. The van der Waals surface area contributed by atoms with E-state index < -0.39 is 10.0 Å². The molecule has 1 atom stereocenters. The number of methoxy groups -OCH3 is 1. The smallest absolute Gasteiger partial charge is 0.244 e. The number of nitrogens with one attached hydrogen (secondary N) is 1. The average molecular weight is 422 g/mol. The highest BCUT2D eigenvalue weighted by molar-refractivity contribution is 7.89. The van der Waals surface area contributed by atoms with Crippen molar-refractivity contribution in [2.24, 2.45) is 0 Å². The molecule has 0 bridgehead atoms. The lowest BCUT2D eigenvalue weighted by molar-refractivity contribution is 0.113. The van der Waals surface area contributed by atoms with E-state index >= 15 is 0 Å². The fourth-order valence-corrected chi connectivity index (χ4v) is 4.83. The van der Waals surface area contributed by atoms with Gasteiger partial charge >= 0.3 is 0 Å². The van der Waals surface area contributed by atoms with E-state index in [1.54, 1.807) is 24.3 Å². The SMILES string of the molecule is COc1ccc(C)cc1S(=O)(=O)NC[C@@H](c1ccc(F)cc1)N1CCN(C)CC1. The number of nitrogens with zero attached hydrogens (tertiary/aromatic N) is 2. The van der Waals surface area contributed by atoms with E-state index in [0.29, 0.717) is 5.75 Å². The van der Waals surface area contributed by atoms with Crippen molar-refractivity contribution in [3.63, 3.8) is 0 Å². The summed E-state index contributed by atoms with van der Waals surface area (Å²) in [6.45, 7) is 5.45. The lowest BCUT2D eigenvalue weighted by Crippen LogP contribution is -2.48. The van der Waals surface area contributed by atoms with E-state index in [4.69, 9.17) is 4.74 Å². The van der Waals surface area contributed by atoms with Gasteiger partial charge in [-0.15, -0.1) is 0 Å². The van der Waals surface area contributed by atoms with E-state index in [0.717, 1.165) is 37.3 Å². The van der Waals surface area contributed by atoms with Gasteiger partial charge in [0, 0.05) is 38.8 Å². The quantitative estimate of drug-likeness (QED) is 0.744. The van der Waals surface area contributed by atoms with Crippen LogP contribution in [0.3, 0.4) is 0 Å². The van der Waals surface area contributed by atoms with Crippen LogP contribution in [0.1, 0.15) is 17.2 Å². The molecule has 1 saturated heterocycles. The van der Waals surface area contributed by atoms with Gasteiger partial charge in [-0.1, -0.05) is 18.2 Å². The highest BCUT2D eigenvalue weighted by atomic mass is 32.2. The highest BCUT2D eigenvalue weighted by Gasteiger charge is 2.27. The predicted octanol–water partition coefficient (Wildman–Crippen LogP) is 2.41. The topological polar surface area (TPSA) is 61.9 Å². The van der Waals surface area contributed by atoms with Crippen LogP contribution in [0.15, 0.2) is 47.4 Å². The van der Waals surface area contributed by atoms with Crippen molar-refractivity contribution < 1.29 is 17.5 Å². The Labute approximate surface area is 172 Å². The summed E-state index contributed by atoms with van der Waals surface area (Å²) in [5.41, 5.74) is 1.72. The third-order valence-corrected chi connectivity index (χ3v) is 6.75. The van der Waals surface area contributed by atoms with Crippen molar-refractivity contribution in [2.75, 3.05) is 46.9 Å². The minimum absolute atomic E-state index is 0.122. The minimum atomic E-state index is -3.77. The second-order valence-electron chi connectivity index (χ2n) is 7.41. The van der Waals surface area contributed by atoms with Crippen LogP contribution in [0, 0.1) is 12.7 Å². The molecule has 1 heterocycles. The van der Waals surface area contributed by atoms with Crippen molar-refractivity contribution >= 4 is 10.0 Å². The molecule has 1 aliphatic rings. The Morgan fingerprint density at radius 3 is 2.38 bits per heavy atom. The Morgan fingerprint density at radius 1 is 1.10 bits per heavy atom. The molecule has 0 spiro atoms. The Morgan fingerprint density at radius 2 is 1.76 bits per heavy atom. The normalized spacial score (nSPS) is 17.2. The number of aryl methyl sites for hydroxylation is 1. The van der Waals surface area contributed by atoms with Gasteiger partial charge in [-0.05, 0) is 49.4 Å². The van der Waals surface area contributed by atoms with Gasteiger partial charge in [-0.25, -0.2) is 17.5 Å². The van der Waals surface area contributed by atoms with Gasteiger partial charge in [0.1, 0.15) is 16.5 Å². The highest BCUT2D eigenvalue weighted by Crippen LogP contribution is 2.26. The van der Waals surface area contributed by atoms with E-state index in [2.05, 4.69) is 21.6 Å². The van der Waals surface area contributed by atoms with Crippen LogP contribution in [0.2, 0.25) is 0 Å². The maximum atomic E-state index is 13.4. The molecule has 0 aromatic heterocycles. The van der Waals surface area contributed by atoms with Gasteiger partial charge < -0.3 is 9.64 Å². The molecule has 3 rings (SSSR count). The number of halogens is 1. The molecule has 0 unspecified atom stereocenters. The maximum absolute atomic E-state index is 13.4. The standard InChI is InChI=1S/C21H28FN3O3S/c1-16-4-9-20(28-3)21(14-16)29(26,27)23-15-19(17-5-7-18(22)8-6-17)25-12-10-24(2)11-13-25/h4-9,14,19,23H,10-13,15H2,1-3H3/t19-/m0/s1. The Kier molecular flexibility index (Phi) is 6.89. The van der Waals surface area contributed by atoms with Crippen molar-refractivity contribution in [3.05, 3.63) is 59.4 Å². The third kappa shape index (κ3) is 5.33. The summed E-state index contributed by atoms with van der Waals surface area (Å²) >= 11 is 0. The first-order valence-electron chi connectivity index (χ1n) is 9.62. The van der Waals surface area contributed by atoms with Gasteiger partial charge in [-0.2, -0.15) is 0 Å². The first-order chi connectivity index (χ1) is 13.8. The van der Waals surface area contributed by atoms with Crippen LogP contribution in [0.5, 0.6) is 5.75 Å². The zero-order chi connectivity index (χ0) is 21.0. The number of benzene rings is 2. The molecule has 6 nitrogen and oxygen atoms in total. The van der Waals surface area contributed by atoms with Gasteiger partial charge in [0.15, 0.2) is 0 Å². The first-order valence-corrected chi connectivity index (χ1v) is 11.1. The summed E-state index contributed by atoms with van der Waals surface area (Å²) in [5, 5.41) is 0. The maximum Gasteiger partial charge on any atom is 0.244 e. The Bertz CT molecular complexity index is 927. The molecule has 0 saturated carbocycles. The third-order valence-electron chi connectivity index (χ3n) is 5.31. The van der Waals surface area contributed by atoms with Crippen LogP contribution >= 0.6 is 0 Å². The second-order valence-corrected chi connectivity index (χ2v) is 9.15. The second kappa shape index (κ2) is 9.21. The van der Waals surface area contributed by atoms with Gasteiger partial charge in [-0.3, -0.25) is 4.90 Å². The fourth-order valence-electron chi connectivity index (χ4n) is 3.54. The molecule has 29 heavy (non-hydrogen) atoms. The number of hydrogen-bond donors (Lipinski definition) is 1. The molecule has 158 valence electrons. The number of hydrogen-bond acceptors (Lipinski definition) is 5. The number of likely N-dealkylation sites (N-methyl/N-ethyl adjacent to an activating group) is 1. The zero-order valence-electron chi connectivity index (χ0n) is 17.1. The van der Waals surface area contributed by atoms with E-state index in [1.807, 2.05) is 13.0 Å². The molecule has 0 amide bonds. The first kappa shape index (κ1) is 21.7. The van der Waals surface area contributed by atoms with E-state index in [1.165, 1.54) is 19.2 Å². The minimum Gasteiger partial charge on any atom is -0.495 e. The van der Waals surface area contributed by atoms with Crippen LogP contribution in [-0.2, 0) is 10.0 Å². The molecule has 2 aromatic carbocycles. The number of sulfonamides is 1. The van der Waals surface area contributed by atoms with Crippen molar-refractivity contribution in [3.8, 4) is 5.75 Å². The van der Waals surface area contributed by atoms with Gasteiger partial charge in [0.2, 0.25) is 10.0 Å². The molecular weight excluding hydrogens is 393 g/mol. The molecule has 1 N–H and O–H groups in total.